The summed E-state index contributed by atoms with van der Waals surface area (Å²) >= 11 is 0. The first kappa shape index (κ1) is 36.4. The number of nitrogens with one attached hydrogen (secondary N) is 2. The highest BCUT2D eigenvalue weighted by atomic mass is 35.7. The van der Waals surface area contributed by atoms with Crippen LogP contribution in [-0.4, -0.2) is 49.8 Å². The number of benzene rings is 2. The molecule has 2 N–H and O–H groups in total. The molecule has 4 bridgehead atoms. The van der Waals surface area contributed by atoms with Crippen molar-refractivity contribution in [2.45, 2.75) is 75.5 Å². The molecule has 2 aromatic rings. The van der Waals surface area contributed by atoms with Crippen LogP contribution in [0.15, 0.2) is 60.7 Å². The summed E-state index contributed by atoms with van der Waals surface area (Å²) in [4.78, 5) is 28.2. The molecule has 0 aliphatic carbocycles. The second kappa shape index (κ2) is 16.0. The van der Waals surface area contributed by atoms with E-state index in [1.165, 1.54) is 38.5 Å². The molecular formula is C30H40Cl2N2O10. The van der Waals surface area contributed by atoms with E-state index in [4.69, 9.17) is 37.3 Å². The van der Waals surface area contributed by atoms with Gasteiger partial charge in [-0.2, -0.15) is 0 Å². The van der Waals surface area contributed by atoms with Crippen molar-refractivity contribution in [1.29, 1.82) is 0 Å². The second-order valence-electron chi connectivity index (χ2n) is 11.8. The zero-order chi connectivity index (χ0) is 32.7. The first-order valence-corrected chi connectivity index (χ1v) is 17.1. The van der Waals surface area contributed by atoms with E-state index in [1.54, 1.807) is 9.80 Å². The van der Waals surface area contributed by atoms with E-state index in [0.717, 1.165) is 36.1 Å². The van der Waals surface area contributed by atoms with E-state index in [9.17, 15) is 9.59 Å². The number of hydrogen-bond donors (Lipinski definition) is 2. The van der Waals surface area contributed by atoms with E-state index in [2.05, 4.69) is 14.1 Å². The fourth-order valence-corrected chi connectivity index (χ4v) is 7.48. The zero-order valence-electron chi connectivity index (χ0n) is 24.7. The van der Waals surface area contributed by atoms with Gasteiger partial charge in [0.25, 0.3) is 0 Å². The van der Waals surface area contributed by atoms with Crippen LogP contribution >= 0.6 is 0 Å². The summed E-state index contributed by atoms with van der Waals surface area (Å²) in [6.07, 6.45) is 9.75. The minimum Gasteiger partial charge on any atom is -0.332 e. The summed E-state index contributed by atoms with van der Waals surface area (Å²) in [7, 11) is -5.35. The Morgan fingerprint density at radius 2 is 0.795 bits per heavy atom. The van der Waals surface area contributed by atoms with Gasteiger partial charge < -0.3 is 9.80 Å². The van der Waals surface area contributed by atoms with E-state index in [1.807, 2.05) is 60.7 Å². The van der Waals surface area contributed by atoms with E-state index >= 15 is 0 Å². The maximum atomic E-state index is 12.5. The Morgan fingerprint density at radius 3 is 1.09 bits per heavy atom. The fraction of sp³-hybridized carbons (Fsp3) is 0.533. The van der Waals surface area contributed by atoms with Gasteiger partial charge in [0.1, 0.15) is 0 Å². The minimum absolute atomic E-state index is 0.260. The monoisotopic (exact) mass is 658 g/mol. The van der Waals surface area contributed by atoms with Crippen LogP contribution in [0, 0.1) is 32.3 Å². The molecule has 4 fully saturated rings. The van der Waals surface area contributed by atoms with Gasteiger partial charge in [-0.25, -0.2) is 37.3 Å². The quantitative estimate of drug-likeness (QED) is 0.295. The van der Waals surface area contributed by atoms with Crippen LogP contribution in [0.2, 0.25) is 0 Å². The number of quaternary nitrogens is 2. The molecule has 2 aromatic carbocycles. The number of ketones is 2. The summed E-state index contributed by atoms with van der Waals surface area (Å²) in [6, 6.07) is 22.4. The lowest BCUT2D eigenvalue weighted by atomic mass is 9.84. The van der Waals surface area contributed by atoms with Crippen molar-refractivity contribution in [3.8, 4) is 0 Å². The fourth-order valence-electron chi connectivity index (χ4n) is 7.48. The molecule has 2 unspecified atom stereocenters. The van der Waals surface area contributed by atoms with Crippen LogP contribution < -0.4 is 47.1 Å². The van der Waals surface area contributed by atoms with Crippen molar-refractivity contribution in [3.05, 3.63) is 71.8 Å². The molecule has 0 aromatic heterocycles. The summed E-state index contributed by atoms with van der Waals surface area (Å²) in [6.45, 7) is 0. The molecule has 4 aliphatic rings. The first-order chi connectivity index (χ1) is 20.5. The lowest BCUT2D eigenvalue weighted by molar-refractivity contribution is -2.00. The number of rotatable bonds is 4. The number of piperidine rings is 2. The smallest absolute Gasteiger partial charge is 0.171 e. The van der Waals surface area contributed by atoms with Gasteiger partial charge in [-0.15, -0.1) is 20.5 Å². The summed E-state index contributed by atoms with van der Waals surface area (Å²) in [5.74, 6) is 1.26. The lowest BCUT2D eigenvalue weighted by Crippen LogP contribution is -3.16. The number of Topliss-reactive ketones (excluding diaryl/α,β-unsaturated/α-hetero) is 2. The van der Waals surface area contributed by atoms with Crippen molar-refractivity contribution < 1.29 is 77.1 Å². The average Bonchev–Trinajstić information content (AvgIpc) is 3.30. The van der Waals surface area contributed by atoms with Gasteiger partial charge in [-0.05, 0) is 12.8 Å². The average molecular weight is 660 g/mol. The number of carbonyl (C=O) groups is 2. The molecule has 244 valence electrons. The van der Waals surface area contributed by atoms with Crippen molar-refractivity contribution in [3.63, 3.8) is 0 Å². The van der Waals surface area contributed by atoms with Crippen LogP contribution in [0.4, 0.5) is 0 Å². The zero-order valence-corrected chi connectivity index (χ0v) is 26.2. The predicted octanol–water partition coefficient (Wildman–Crippen LogP) is -6.86. The molecule has 4 heterocycles. The minimum atomic E-state index is -4.94. The molecule has 4 aliphatic heterocycles. The van der Waals surface area contributed by atoms with E-state index in [0.29, 0.717) is 23.7 Å². The Hall–Kier alpha value is -2.04. The van der Waals surface area contributed by atoms with Crippen LogP contribution in [0.25, 0.3) is 0 Å². The van der Waals surface area contributed by atoms with Crippen LogP contribution in [0.1, 0.15) is 72.1 Å². The topological polar surface area (TPSA) is 228 Å². The SMILES string of the molecule is C[NH+]1[C@H]2CC[C@H](C(=O)c3ccccc3)[C@@H]1CC2.C[NH+]1[C@H]2CC[C@H](C(=O)c3ccccc3)[C@@H]1CC2.[O-][Cl+3]([O-])([O-])[O-].[O-][Cl+3]([O-])([O-])[O-]. The number of halogens is 2. The third-order valence-electron chi connectivity index (χ3n) is 9.52. The van der Waals surface area contributed by atoms with Gasteiger partial charge in [0, 0.05) is 49.7 Å². The molecule has 14 heteroatoms. The second-order valence-corrected chi connectivity index (χ2v) is 13.3. The summed E-state index contributed by atoms with van der Waals surface area (Å²) in [5.41, 5.74) is 1.80. The molecule has 0 amide bonds. The van der Waals surface area contributed by atoms with Gasteiger partial charge in [0.2, 0.25) is 0 Å². The van der Waals surface area contributed by atoms with Gasteiger partial charge in [-0.3, -0.25) is 9.59 Å². The molecule has 6 rings (SSSR count). The number of hydrogen-bond acceptors (Lipinski definition) is 10. The van der Waals surface area contributed by atoms with Crippen LogP contribution in [-0.2, 0) is 0 Å². The maximum Gasteiger partial charge on any atom is 0.171 e. The van der Waals surface area contributed by atoms with E-state index < -0.39 is 20.5 Å². The van der Waals surface area contributed by atoms with Crippen molar-refractivity contribution >= 4 is 11.6 Å². The highest BCUT2D eigenvalue weighted by Crippen LogP contribution is 2.30. The largest absolute Gasteiger partial charge is 0.332 e. The molecule has 12 nitrogen and oxygen atoms in total. The van der Waals surface area contributed by atoms with Crippen molar-refractivity contribution in [1.82, 2.24) is 0 Å². The highest BCUT2D eigenvalue weighted by Gasteiger charge is 2.47. The Balaban J connectivity index is 0.000000185. The summed E-state index contributed by atoms with van der Waals surface area (Å²) in [5, 5.41) is 0. The van der Waals surface area contributed by atoms with Gasteiger partial charge in [0.05, 0.1) is 50.1 Å². The predicted molar refractivity (Wildman–Crippen MR) is 134 cm³/mol. The Kier molecular flexibility index (Phi) is 13.2. The third kappa shape index (κ3) is 11.1. The van der Waals surface area contributed by atoms with Gasteiger partial charge >= 0.3 is 0 Å². The number of fused-ring (bicyclic) bond motifs is 4. The molecular weight excluding hydrogens is 619 g/mol. The Bertz CT molecular complexity index is 1090. The number of carbonyl (C=O) groups excluding carboxylic acids is 2. The highest BCUT2D eigenvalue weighted by molar-refractivity contribution is 5.98. The van der Waals surface area contributed by atoms with Crippen molar-refractivity contribution in [2.24, 2.45) is 11.8 Å². The standard InChI is InChI=1S/2C15H19NO.2ClHO4/c2*1-16-12-7-9-13(14(16)10-8-12)15(17)11-5-3-2-4-6-11;2*2-1(3,4)5/h2*2-6,12-14H,7-10H2,1H3;2*(H,2,3,4,5)/t2*12-,13-,14-;;/m00../s1. The molecule has 44 heavy (non-hydrogen) atoms. The maximum absolute atomic E-state index is 12.5. The third-order valence-corrected chi connectivity index (χ3v) is 9.52. The molecule has 4 saturated heterocycles. The lowest BCUT2D eigenvalue weighted by Gasteiger charge is -2.33. The first-order valence-electron chi connectivity index (χ1n) is 14.6. The molecule has 0 spiro atoms. The molecule has 8 atom stereocenters. The Labute approximate surface area is 261 Å². The Morgan fingerprint density at radius 1 is 0.523 bits per heavy atom. The van der Waals surface area contributed by atoms with Gasteiger partial charge in [0.15, 0.2) is 11.6 Å². The summed E-state index contributed by atoms with van der Waals surface area (Å²) < 4.78 is 67.9. The van der Waals surface area contributed by atoms with E-state index in [-0.39, 0.29) is 11.8 Å². The van der Waals surface area contributed by atoms with Crippen molar-refractivity contribution in [2.75, 3.05) is 14.1 Å². The van der Waals surface area contributed by atoms with Crippen LogP contribution in [0.5, 0.6) is 0 Å². The van der Waals surface area contributed by atoms with Gasteiger partial charge in [-0.1, -0.05) is 60.7 Å². The molecule has 0 radical (unpaired) electrons. The molecule has 0 saturated carbocycles. The van der Waals surface area contributed by atoms with Crippen LogP contribution in [0.3, 0.4) is 0 Å². The normalized spacial score (nSPS) is 30.4.